The predicted molar refractivity (Wildman–Crippen MR) is 108 cm³/mol. The van der Waals surface area contributed by atoms with Crippen LogP contribution in [0.15, 0.2) is 0 Å². The molecule has 0 amide bonds. The van der Waals surface area contributed by atoms with Crippen LogP contribution in [0.1, 0.15) is 80.6 Å². The normalized spacial score (nSPS) is 34.5. The third-order valence-electron chi connectivity index (χ3n) is 8.91. The Morgan fingerprint density at radius 2 is 1.54 bits per heavy atom. The molecule has 3 saturated heterocycles. The smallest absolute Gasteiger partial charge is 0.0645 e. The molecule has 2 unspecified atom stereocenters. The van der Waals surface area contributed by atoms with Gasteiger partial charge in [0.1, 0.15) is 0 Å². The lowest BCUT2D eigenvalue weighted by Crippen LogP contribution is -2.55. The topological polar surface area (TPSA) is 21.7 Å². The highest BCUT2D eigenvalue weighted by molar-refractivity contribution is 4.98. The Hall–Kier alpha value is -0.120. The third kappa shape index (κ3) is 3.86. The first-order valence-electron chi connectivity index (χ1n) is 10.9. The lowest BCUT2D eigenvalue weighted by atomic mass is 9.57. The van der Waals surface area contributed by atoms with Gasteiger partial charge in [0, 0.05) is 6.61 Å². The zero-order chi connectivity index (χ0) is 19.2. The Bertz CT molecular complexity index is 483. The molecule has 3 heterocycles. The molecule has 0 aromatic carbocycles. The fraction of sp³-hybridized carbons (Fsp3) is 1.00. The molecule has 0 aromatic rings. The molecule has 2 atom stereocenters. The summed E-state index contributed by atoms with van der Waals surface area (Å²) in [5.74, 6) is 0. The zero-order valence-electron chi connectivity index (χ0n) is 18.5. The van der Waals surface area contributed by atoms with Crippen LogP contribution in [-0.2, 0) is 9.47 Å². The third-order valence-corrected chi connectivity index (χ3v) is 8.91. The van der Waals surface area contributed by atoms with Crippen LogP contribution in [0.25, 0.3) is 0 Å². The fourth-order valence-corrected chi connectivity index (χ4v) is 5.24. The number of piperidine rings is 1. The first-order valence-corrected chi connectivity index (χ1v) is 10.9. The standard InChI is InChI=1S/C23H43NO2/c1-20(2,3)23(7)10-13-26-19(15-23)14-21(4,5)22(6)8-11-24(12-9-22)18-16-25-17-18/h18-19H,8-17H2,1-7H3. The molecule has 0 bridgehead atoms. The maximum Gasteiger partial charge on any atom is 0.0645 e. The maximum atomic E-state index is 6.30. The molecule has 152 valence electrons. The molecule has 0 radical (unpaired) electrons. The zero-order valence-corrected chi connectivity index (χ0v) is 18.5. The van der Waals surface area contributed by atoms with E-state index >= 15 is 0 Å². The van der Waals surface area contributed by atoms with Gasteiger partial charge in [-0.3, -0.25) is 4.90 Å². The van der Waals surface area contributed by atoms with Crippen molar-refractivity contribution in [2.75, 3.05) is 32.9 Å². The Morgan fingerprint density at radius 1 is 0.923 bits per heavy atom. The van der Waals surface area contributed by atoms with Gasteiger partial charge in [-0.05, 0) is 66.9 Å². The average molecular weight is 366 g/mol. The van der Waals surface area contributed by atoms with Crippen molar-refractivity contribution in [3.63, 3.8) is 0 Å². The first-order chi connectivity index (χ1) is 12.0. The lowest BCUT2D eigenvalue weighted by Gasteiger charge is -2.54. The van der Waals surface area contributed by atoms with E-state index < -0.39 is 0 Å². The first kappa shape index (κ1) is 20.6. The Balaban J connectivity index is 1.61. The van der Waals surface area contributed by atoms with Gasteiger partial charge in [0.25, 0.3) is 0 Å². The van der Waals surface area contributed by atoms with Gasteiger partial charge in [0.2, 0.25) is 0 Å². The van der Waals surface area contributed by atoms with Gasteiger partial charge in [0.15, 0.2) is 0 Å². The van der Waals surface area contributed by atoms with Gasteiger partial charge in [-0.15, -0.1) is 0 Å². The number of likely N-dealkylation sites (tertiary alicyclic amines) is 1. The van der Waals surface area contributed by atoms with E-state index in [-0.39, 0.29) is 0 Å². The van der Waals surface area contributed by atoms with Crippen molar-refractivity contribution in [2.24, 2.45) is 21.7 Å². The monoisotopic (exact) mass is 365 g/mol. The molecule has 26 heavy (non-hydrogen) atoms. The van der Waals surface area contributed by atoms with E-state index in [9.17, 15) is 0 Å². The number of rotatable bonds is 4. The quantitative estimate of drug-likeness (QED) is 0.689. The molecule has 0 spiro atoms. The van der Waals surface area contributed by atoms with Gasteiger partial charge >= 0.3 is 0 Å². The summed E-state index contributed by atoms with van der Waals surface area (Å²) in [4.78, 5) is 2.66. The number of nitrogens with zero attached hydrogens (tertiary/aromatic N) is 1. The van der Waals surface area contributed by atoms with Crippen LogP contribution in [-0.4, -0.2) is 50.0 Å². The SMILES string of the molecule is CC(C)(C)C1(C)CCOC(CC(C)(C)C2(C)CCN(C3COC3)CC2)C1. The second kappa shape index (κ2) is 7.04. The van der Waals surface area contributed by atoms with Crippen molar-refractivity contribution in [1.82, 2.24) is 4.90 Å². The van der Waals surface area contributed by atoms with Crippen molar-refractivity contribution in [2.45, 2.75) is 92.7 Å². The summed E-state index contributed by atoms with van der Waals surface area (Å²) in [6, 6.07) is 0.692. The summed E-state index contributed by atoms with van der Waals surface area (Å²) in [6.45, 7) is 22.5. The highest BCUT2D eigenvalue weighted by Gasteiger charge is 2.48. The van der Waals surface area contributed by atoms with E-state index in [4.69, 9.17) is 9.47 Å². The van der Waals surface area contributed by atoms with Crippen molar-refractivity contribution in [1.29, 1.82) is 0 Å². The van der Waals surface area contributed by atoms with Crippen LogP contribution in [0.4, 0.5) is 0 Å². The van der Waals surface area contributed by atoms with Crippen molar-refractivity contribution in [3.8, 4) is 0 Å². The van der Waals surface area contributed by atoms with Gasteiger partial charge in [-0.2, -0.15) is 0 Å². The van der Waals surface area contributed by atoms with Crippen LogP contribution in [0, 0.1) is 21.7 Å². The van der Waals surface area contributed by atoms with E-state index in [0.29, 0.717) is 33.8 Å². The molecular formula is C23H43NO2. The van der Waals surface area contributed by atoms with Gasteiger partial charge in [0.05, 0.1) is 25.4 Å². The largest absolute Gasteiger partial charge is 0.378 e. The minimum absolute atomic E-state index is 0.315. The van der Waals surface area contributed by atoms with Crippen molar-refractivity contribution in [3.05, 3.63) is 0 Å². The molecule has 0 saturated carbocycles. The highest BCUT2D eigenvalue weighted by Crippen LogP contribution is 2.53. The van der Waals surface area contributed by atoms with E-state index in [0.717, 1.165) is 19.8 Å². The molecule has 3 fully saturated rings. The molecular weight excluding hydrogens is 322 g/mol. The van der Waals surface area contributed by atoms with Crippen LogP contribution in [0.5, 0.6) is 0 Å². The number of ether oxygens (including phenoxy) is 2. The van der Waals surface area contributed by atoms with Gasteiger partial charge in [-0.25, -0.2) is 0 Å². The number of hydrogen-bond donors (Lipinski definition) is 0. The Kier molecular flexibility index (Phi) is 5.58. The average Bonchev–Trinajstić information content (AvgIpc) is 2.46. The summed E-state index contributed by atoms with van der Waals surface area (Å²) in [6.07, 6.45) is 6.63. The summed E-state index contributed by atoms with van der Waals surface area (Å²) < 4.78 is 11.7. The molecule has 3 nitrogen and oxygen atoms in total. The molecule has 0 aromatic heterocycles. The Labute approximate surface area is 162 Å². The van der Waals surface area contributed by atoms with Crippen molar-refractivity contribution < 1.29 is 9.47 Å². The van der Waals surface area contributed by atoms with E-state index in [1.165, 1.54) is 45.2 Å². The molecule has 0 aliphatic carbocycles. The minimum Gasteiger partial charge on any atom is -0.378 e. The second-order valence-corrected chi connectivity index (χ2v) is 11.6. The van der Waals surface area contributed by atoms with Gasteiger partial charge in [-0.1, -0.05) is 48.5 Å². The highest BCUT2D eigenvalue weighted by atomic mass is 16.5. The number of hydrogen-bond acceptors (Lipinski definition) is 3. The van der Waals surface area contributed by atoms with Crippen LogP contribution in [0.2, 0.25) is 0 Å². The second-order valence-electron chi connectivity index (χ2n) is 11.6. The molecule has 3 aliphatic heterocycles. The van der Waals surface area contributed by atoms with Crippen LogP contribution in [0.3, 0.4) is 0 Å². The maximum absolute atomic E-state index is 6.30. The summed E-state index contributed by atoms with van der Waals surface area (Å²) in [5, 5.41) is 0. The Morgan fingerprint density at radius 3 is 2.04 bits per heavy atom. The van der Waals surface area contributed by atoms with Gasteiger partial charge < -0.3 is 9.47 Å². The van der Waals surface area contributed by atoms with Crippen LogP contribution >= 0.6 is 0 Å². The summed E-state index contributed by atoms with van der Waals surface area (Å²) in [5.41, 5.74) is 1.46. The molecule has 3 rings (SSSR count). The fourth-order valence-electron chi connectivity index (χ4n) is 5.24. The predicted octanol–water partition coefficient (Wildman–Crippen LogP) is 5.14. The van der Waals surface area contributed by atoms with E-state index in [1.54, 1.807) is 0 Å². The molecule has 0 N–H and O–H groups in total. The van der Waals surface area contributed by atoms with E-state index in [2.05, 4.69) is 53.4 Å². The van der Waals surface area contributed by atoms with E-state index in [1.807, 2.05) is 0 Å². The summed E-state index contributed by atoms with van der Waals surface area (Å²) >= 11 is 0. The van der Waals surface area contributed by atoms with Crippen molar-refractivity contribution >= 4 is 0 Å². The lowest BCUT2D eigenvalue weighted by molar-refractivity contribution is -0.122. The molecule has 3 aliphatic rings. The minimum atomic E-state index is 0.315. The molecule has 3 heteroatoms. The van der Waals surface area contributed by atoms with Crippen LogP contribution < -0.4 is 0 Å². The summed E-state index contributed by atoms with van der Waals surface area (Å²) in [7, 11) is 0.